The molecule has 0 heterocycles. The fourth-order valence-electron chi connectivity index (χ4n) is 8.27. The molecule has 0 N–H and O–H groups in total. The van der Waals surface area contributed by atoms with E-state index in [1.807, 2.05) is 0 Å². The minimum absolute atomic E-state index is 0.0950. The van der Waals surface area contributed by atoms with Crippen molar-refractivity contribution >= 4 is 17.9 Å². The molecule has 0 aromatic rings. The molecule has 0 aliphatic carbocycles. The van der Waals surface area contributed by atoms with Gasteiger partial charge in [0.1, 0.15) is 13.2 Å². The summed E-state index contributed by atoms with van der Waals surface area (Å²) in [6.45, 7) is 6.45. The van der Waals surface area contributed by atoms with E-state index in [0.717, 1.165) is 154 Å². The van der Waals surface area contributed by atoms with E-state index in [4.69, 9.17) is 14.2 Å². The number of carbonyl (C=O) groups excluding carboxylic acids is 3. The quantitative estimate of drug-likeness (QED) is 0.0261. The highest BCUT2D eigenvalue weighted by Gasteiger charge is 2.19. The van der Waals surface area contributed by atoms with E-state index >= 15 is 0 Å². The van der Waals surface area contributed by atoms with Crippen LogP contribution in [-0.2, 0) is 28.6 Å². The summed E-state index contributed by atoms with van der Waals surface area (Å²) in [6, 6.07) is 0. The van der Waals surface area contributed by atoms with Crippen molar-refractivity contribution < 1.29 is 28.6 Å². The third kappa shape index (κ3) is 60.6. The van der Waals surface area contributed by atoms with Gasteiger partial charge in [-0.25, -0.2) is 0 Å². The van der Waals surface area contributed by atoms with Gasteiger partial charge in [-0.05, 0) is 135 Å². The first-order valence-corrected chi connectivity index (χ1v) is 31.0. The van der Waals surface area contributed by atoms with Crippen LogP contribution in [0.5, 0.6) is 0 Å². The Morgan fingerprint density at radius 3 is 0.813 bits per heavy atom. The van der Waals surface area contributed by atoms with Crippen molar-refractivity contribution in [3.05, 3.63) is 122 Å². The molecule has 0 spiro atoms. The van der Waals surface area contributed by atoms with Gasteiger partial charge in [0.2, 0.25) is 0 Å². The van der Waals surface area contributed by atoms with E-state index < -0.39 is 6.10 Å². The van der Waals surface area contributed by atoms with Gasteiger partial charge in [-0.1, -0.05) is 245 Å². The molecule has 0 aromatic carbocycles. The van der Waals surface area contributed by atoms with Crippen LogP contribution in [0.3, 0.4) is 0 Å². The summed E-state index contributed by atoms with van der Waals surface area (Å²) in [6.07, 6.45) is 86.2. The summed E-state index contributed by atoms with van der Waals surface area (Å²) in [7, 11) is 0. The van der Waals surface area contributed by atoms with Crippen molar-refractivity contribution in [1.29, 1.82) is 0 Å². The molecule has 0 fully saturated rings. The first-order chi connectivity index (χ1) is 37.0. The molecule has 0 aliphatic rings. The lowest BCUT2D eigenvalue weighted by molar-refractivity contribution is -0.167. The van der Waals surface area contributed by atoms with Crippen LogP contribution in [0.25, 0.3) is 0 Å². The molecule has 426 valence electrons. The molecule has 0 bridgehead atoms. The number of unbranched alkanes of at least 4 members (excludes halogenated alkanes) is 24. The van der Waals surface area contributed by atoms with Gasteiger partial charge in [0.25, 0.3) is 0 Å². The first-order valence-electron chi connectivity index (χ1n) is 31.0. The Bertz CT molecular complexity index is 1570. The molecule has 0 saturated heterocycles. The zero-order valence-electron chi connectivity index (χ0n) is 48.8. The summed E-state index contributed by atoms with van der Waals surface area (Å²) in [5.41, 5.74) is 0. The summed E-state index contributed by atoms with van der Waals surface area (Å²) in [5, 5.41) is 0. The highest BCUT2D eigenvalue weighted by Crippen LogP contribution is 2.14. The monoisotopic (exact) mass is 1040 g/mol. The molecule has 0 aliphatic heterocycles. The molecular formula is C69H114O6. The second kappa shape index (κ2) is 62.4. The molecule has 0 rings (SSSR count). The van der Waals surface area contributed by atoms with Gasteiger partial charge in [-0.15, -0.1) is 0 Å². The minimum Gasteiger partial charge on any atom is -0.462 e. The normalized spacial score (nSPS) is 12.9. The maximum atomic E-state index is 12.9. The zero-order valence-corrected chi connectivity index (χ0v) is 48.8. The number of esters is 3. The maximum Gasteiger partial charge on any atom is 0.306 e. The molecule has 1 unspecified atom stereocenters. The lowest BCUT2D eigenvalue weighted by atomic mass is 10.1. The Labute approximate surface area is 462 Å². The third-order valence-corrected chi connectivity index (χ3v) is 12.9. The van der Waals surface area contributed by atoms with Gasteiger partial charge >= 0.3 is 17.9 Å². The van der Waals surface area contributed by atoms with Crippen molar-refractivity contribution in [3.63, 3.8) is 0 Å². The van der Waals surface area contributed by atoms with Gasteiger partial charge in [-0.2, -0.15) is 0 Å². The molecule has 0 radical (unpaired) electrons. The Morgan fingerprint density at radius 2 is 0.520 bits per heavy atom. The molecule has 6 heteroatoms. The van der Waals surface area contributed by atoms with E-state index in [2.05, 4.69) is 142 Å². The molecule has 1 atom stereocenters. The van der Waals surface area contributed by atoms with Crippen LogP contribution in [0.2, 0.25) is 0 Å². The Balaban J connectivity index is 4.38. The van der Waals surface area contributed by atoms with Gasteiger partial charge in [0.05, 0.1) is 0 Å². The maximum absolute atomic E-state index is 12.9. The van der Waals surface area contributed by atoms with E-state index in [0.29, 0.717) is 19.3 Å². The van der Waals surface area contributed by atoms with Crippen molar-refractivity contribution in [2.75, 3.05) is 13.2 Å². The number of allylic oxidation sites excluding steroid dienone is 20. The van der Waals surface area contributed by atoms with Crippen molar-refractivity contribution in [2.24, 2.45) is 0 Å². The van der Waals surface area contributed by atoms with E-state index in [-0.39, 0.29) is 31.1 Å². The molecule has 0 saturated carbocycles. The fourth-order valence-corrected chi connectivity index (χ4v) is 8.27. The summed E-state index contributed by atoms with van der Waals surface area (Å²) in [4.78, 5) is 38.3. The number of hydrogen-bond acceptors (Lipinski definition) is 6. The molecule has 0 aromatic heterocycles. The fraction of sp³-hybridized carbons (Fsp3) is 0.667. The highest BCUT2D eigenvalue weighted by molar-refractivity contribution is 5.71. The summed E-state index contributed by atoms with van der Waals surface area (Å²) < 4.78 is 16.9. The Morgan fingerprint density at radius 1 is 0.280 bits per heavy atom. The third-order valence-electron chi connectivity index (χ3n) is 12.9. The SMILES string of the molecule is CC/C=C\C/C=C\C/C=C\C/C=C\C/C=C\C/C=C\CCCCCCCCCCC(=O)OCC(COC(=O)CCCCCCC/C=C\C/C=C\CCCCC)OC(=O)CCCCCCC/C=C\C/C=C\CCCCC. The largest absolute Gasteiger partial charge is 0.462 e. The Hall–Kier alpha value is -4.19. The predicted octanol–water partition coefficient (Wildman–Crippen LogP) is 21.2. The molecule has 0 amide bonds. The van der Waals surface area contributed by atoms with Crippen molar-refractivity contribution in [1.82, 2.24) is 0 Å². The first kappa shape index (κ1) is 70.8. The zero-order chi connectivity index (χ0) is 54.3. The van der Waals surface area contributed by atoms with Crippen LogP contribution in [-0.4, -0.2) is 37.2 Å². The molecule has 75 heavy (non-hydrogen) atoms. The molecule has 6 nitrogen and oxygen atoms in total. The van der Waals surface area contributed by atoms with E-state index in [1.165, 1.54) is 83.5 Å². The van der Waals surface area contributed by atoms with Crippen molar-refractivity contribution in [2.45, 2.75) is 284 Å². The summed E-state index contributed by atoms with van der Waals surface area (Å²) in [5.74, 6) is -0.928. The number of ether oxygens (including phenoxy) is 3. The van der Waals surface area contributed by atoms with Crippen LogP contribution >= 0.6 is 0 Å². The lowest BCUT2D eigenvalue weighted by Gasteiger charge is -2.18. The van der Waals surface area contributed by atoms with Gasteiger partial charge < -0.3 is 14.2 Å². The van der Waals surface area contributed by atoms with Crippen molar-refractivity contribution in [3.8, 4) is 0 Å². The van der Waals surface area contributed by atoms with Gasteiger partial charge in [0, 0.05) is 19.3 Å². The number of carbonyl (C=O) groups is 3. The number of hydrogen-bond donors (Lipinski definition) is 0. The second-order valence-corrected chi connectivity index (χ2v) is 20.2. The van der Waals surface area contributed by atoms with E-state index in [9.17, 15) is 14.4 Å². The van der Waals surface area contributed by atoms with Crippen LogP contribution < -0.4 is 0 Å². The molecular weight excluding hydrogens is 925 g/mol. The van der Waals surface area contributed by atoms with Crippen LogP contribution in [0.15, 0.2) is 122 Å². The smallest absolute Gasteiger partial charge is 0.306 e. The van der Waals surface area contributed by atoms with Crippen LogP contribution in [0.4, 0.5) is 0 Å². The summed E-state index contributed by atoms with van der Waals surface area (Å²) >= 11 is 0. The lowest BCUT2D eigenvalue weighted by Crippen LogP contribution is -2.30. The average Bonchev–Trinajstić information content (AvgIpc) is 3.41. The Kier molecular flexibility index (Phi) is 58.9. The van der Waals surface area contributed by atoms with E-state index in [1.54, 1.807) is 0 Å². The number of rotatable bonds is 55. The minimum atomic E-state index is -0.799. The van der Waals surface area contributed by atoms with Crippen LogP contribution in [0.1, 0.15) is 278 Å². The van der Waals surface area contributed by atoms with Crippen LogP contribution in [0, 0.1) is 0 Å². The standard InChI is InChI=1S/C69H114O6/c1-4-7-10-13-16-19-22-25-28-29-30-31-32-33-34-35-36-37-38-39-42-44-47-50-53-56-59-62-68(71)74-65-66(75-69(72)63-60-57-54-51-48-45-41-27-24-21-18-15-12-9-6-3)64-73-67(70)61-58-55-52-49-46-43-40-26-23-20-17-14-11-8-5-2/h7,10,16-21,25-28,30-31,33-34,36-37,40-41,66H,4-6,8-9,11-15,22-24,29,32,35,38-39,42-65H2,1-3H3/b10-7-,19-16-,20-17-,21-18-,28-25-,31-30-,34-33-,37-36-,40-26-,41-27-. The average molecular weight is 1040 g/mol. The van der Waals surface area contributed by atoms with Gasteiger partial charge in [0.15, 0.2) is 6.10 Å². The topological polar surface area (TPSA) is 78.9 Å². The predicted molar refractivity (Wildman–Crippen MR) is 325 cm³/mol. The van der Waals surface area contributed by atoms with Gasteiger partial charge in [-0.3, -0.25) is 14.4 Å². The second-order valence-electron chi connectivity index (χ2n) is 20.2. The highest BCUT2D eigenvalue weighted by atomic mass is 16.6.